The Bertz CT molecular complexity index is 856. The molecular formula is C23H26N2O4. The van der Waals surface area contributed by atoms with Crippen LogP contribution in [0, 0.1) is 11.3 Å². The Morgan fingerprint density at radius 3 is 2.62 bits per heavy atom. The number of hydrogen-bond donors (Lipinski definition) is 1. The van der Waals surface area contributed by atoms with E-state index in [-0.39, 0.29) is 13.4 Å². The largest absolute Gasteiger partial charge is 0.491 e. The van der Waals surface area contributed by atoms with E-state index in [9.17, 15) is 5.11 Å². The molecule has 2 aromatic carbocycles. The van der Waals surface area contributed by atoms with E-state index in [0.29, 0.717) is 23.9 Å². The van der Waals surface area contributed by atoms with Crippen LogP contribution in [-0.2, 0) is 6.54 Å². The first-order chi connectivity index (χ1) is 14.2. The average molecular weight is 394 g/mol. The van der Waals surface area contributed by atoms with Gasteiger partial charge in [0.05, 0.1) is 11.6 Å². The maximum absolute atomic E-state index is 10.6. The monoisotopic (exact) mass is 394 g/mol. The molecule has 1 aliphatic heterocycles. The molecule has 2 aliphatic rings. The van der Waals surface area contributed by atoms with E-state index in [4.69, 9.17) is 19.5 Å². The minimum absolute atomic E-state index is 0.219. The zero-order chi connectivity index (χ0) is 20.1. The minimum atomic E-state index is -0.597. The number of nitriles is 1. The van der Waals surface area contributed by atoms with Crippen LogP contribution in [0.5, 0.6) is 17.2 Å². The maximum Gasteiger partial charge on any atom is 0.231 e. The van der Waals surface area contributed by atoms with Crippen LogP contribution < -0.4 is 14.2 Å². The van der Waals surface area contributed by atoms with Crippen LogP contribution in [0.25, 0.3) is 0 Å². The molecule has 1 fully saturated rings. The molecule has 152 valence electrons. The van der Waals surface area contributed by atoms with Crippen molar-refractivity contribution >= 4 is 0 Å². The van der Waals surface area contributed by atoms with Gasteiger partial charge in [-0.05, 0) is 54.8 Å². The Hall–Kier alpha value is -2.75. The lowest BCUT2D eigenvalue weighted by Crippen LogP contribution is -2.40. The molecule has 2 aromatic rings. The van der Waals surface area contributed by atoms with Gasteiger partial charge in [-0.1, -0.05) is 18.9 Å². The fraction of sp³-hybridized carbons (Fsp3) is 0.435. The zero-order valence-electron chi connectivity index (χ0n) is 16.4. The highest BCUT2D eigenvalue weighted by Crippen LogP contribution is 2.33. The summed E-state index contributed by atoms with van der Waals surface area (Å²) in [7, 11) is 0. The van der Waals surface area contributed by atoms with E-state index in [2.05, 4.69) is 17.0 Å². The van der Waals surface area contributed by atoms with Gasteiger partial charge in [0.15, 0.2) is 11.5 Å². The first-order valence-electron chi connectivity index (χ1n) is 10.1. The summed E-state index contributed by atoms with van der Waals surface area (Å²) in [6.07, 6.45) is 4.20. The molecule has 0 aromatic heterocycles. The SMILES string of the molecule is N#Cc1ccc(OCC(O)CN(Cc2ccc3c(c2)OCO3)C2CCCC2)cc1. The summed E-state index contributed by atoms with van der Waals surface area (Å²) in [6.45, 7) is 1.80. The second-order valence-electron chi connectivity index (χ2n) is 7.66. The highest BCUT2D eigenvalue weighted by atomic mass is 16.7. The van der Waals surface area contributed by atoms with E-state index in [0.717, 1.165) is 36.4 Å². The van der Waals surface area contributed by atoms with Crippen molar-refractivity contribution in [3.8, 4) is 23.3 Å². The third-order valence-corrected chi connectivity index (χ3v) is 5.53. The molecule has 0 bridgehead atoms. The van der Waals surface area contributed by atoms with Gasteiger partial charge >= 0.3 is 0 Å². The smallest absolute Gasteiger partial charge is 0.231 e. The summed E-state index contributed by atoms with van der Waals surface area (Å²) >= 11 is 0. The molecule has 1 N–H and O–H groups in total. The molecule has 1 heterocycles. The van der Waals surface area contributed by atoms with Gasteiger partial charge in [-0.3, -0.25) is 4.90 Å². The Morgan fingerprint density at radius 1 is 1.10 bits per heavy atom. The summed E-state index contributed by atoms with van der Waals surface area (Å²) in [4.78, 5) is 2.36. The van der Waals surface area contributed by atoms with Gasteiger partial charge in [0.2, 0.25) is 6.79 Å². The van der Waals surface area contributed by atoms with Gasteiger partial charge in [0.1, 0.15) is 18.5 Å². The fourth-order valence-electron chi connectivity index (χ4n) is 4.03. The van der Waals surface area contributed by atoms with Crippen molar-refractivity contribution in [1.29, 1.82) is 5.26 Å². The maximum atomic E-state index is 10.6. The van der Waals surface area contributed by atoms with Crippen molar-refractivity contribution < 1.29 is 19.3 Å². The zero-order valence-corrected chi connectivity index (χ0v) is 16.4. The third-order valence-electron chi connectivity index (χ3n) is 5.53. The van der Waals surface area contributed by atoms with Crippen molar-refractivity contribution in [3.05, 3.63) is 53.6 Å². The highest BCUT2D eigenvalue weighted by molar-refractivity contribution is 5.44. The van der Waals surface area contributed by atoms with E-state index in [1.54, 1.807) is 24.3 Å². The van der Waals surface area contributed by atoms with Gasteiger partial charge in [0.25, 0.3) is 0 Å². The van der Waals surface area contributed by atoms with Crippen molar-refractivity contribution in [2.75, 3.05) is 19.9 Å². The van der Waals surface area contributed by atoms with Crippen LogP contribution in [0.1, 0.15) is 36.8 Å². The average Bonchev–Trinajstić information content (AvgIpc) is 3.44. The fourth-order valence-corrected chi connectivity index (χ4v) is 4.03. The standard InChI is InChI=1S/C23H26N2O4/c24-12-17-5-8-21(9-6-17)27-15-20(26)14-25(19-3-1-2-4-19)13-18-7-10-22-23(11-18)29-16-28-22/h5-11,19-20,26H,1-4,13-16H2. The predicted octanol–water partition coefficient (Wildman–Crippen LogP) is 3.47. The summed E-state index contributed by atoms with van der Waals surface area (Å²) in [5.74, 6) is 2.24. The minimum Gasteiger partial charge on any atom is -0.491 e. The van der Waals surface area contributed by atoms with Crippen LogP contribution in [0.15, 0.2) is 42.5 Å². The first kappa shape index (κ1) is 19.6. The van der Waals surface area contributed by atoms with Crippen molar-refractivity contribution in [2.45, 2.75) is 44.4 Å². The molecule has 1 saturated carbocycles. The lowest BCUT2D eigenvalue weighted by molar-refractivity contribution is 0.0492. The van der Waals surface area contributed by atoms with Gasteiger partial charge in [-0.2, -0.15) is 5.26 Å². The van der Waals surface area contributed by atoms with E-state index < -0.39 is 6.10 Å². The number of ether oxygens (including phenoxy) is 3. The first-order valence-corrected chi connectivity index (χ1v) is 10.1. The van der Waals surface area contributed by atoms with E-state index >= 15 is 0 Å². The van der Waals surface area contributed by atoms with Crippen molar-refractivity contribution in [2.24, 2.45) is 0 Å². The molecule has 29 heavy (non-hydrogen) atoms. The molecule has 6 heteroatoms. The quantitative estimate of drug-likeness (QED) is 0.739. The summed E-state index contributed by atoms with van der Waals surface area (Å²) in [5, 5.41) is 19.5. The number of fused-ring (bicyclic) bond motifs is 1. The lowest BCUT2D eigenvalue weighted by atomic mass is 10.1. The number of benzene rings is 2. The highest BCUT2D eigenvalue weighted by Gasteiger charge is 2.25. The Morgan fingerprint density at radius 2 is 1.86 bits per heavy atom. The number of nitrogens with zero attached hydrogens (tertiary/aromatic N) is 2. The van der Waals surface area contributed by atoms with Gasteiger partial charge in [-0.25, -0.2) is 0 Å². The van der Waals surface area contributed by atoms with Gasteiger partial charge < -0.3 is 19.3 Å². The molecular weight excluding hydrogens is 368 g/mol. The molecule has 1 unspecified atom stereocenters. The van der Waals surface area contributed by atoms with Crippen LogP contribution in [0.2, 0.25) is 0 Å². The Balaban J connectivity index is 1.36. The normalized spacial score (nSPS) is 16.7. The van der Waals surface area contributed by atoms with Crippen LogP contribution in [0.3, 0.4) is 0 Å². The molecule has 1 atom stereocenters. The van der Waals surface area contributed by atoms with Crippen molar-refractivity contribution in [1.82, 2.24) is 4.90 Å². The molecule has 0 amide bonds. The molecule has 0 radical (unpaired) electrons. The van der Waals surface area contributed by atoms with E-state index in [1.807, 2.05) is 12.1 Å². The van der Waals surface area contributed by atoms with E-state index in [1.165, 1.54) is 12.8 Å². The third kappa shape index (κ3) is 5.00. The van der Waals surface area contributed by atoms with Gasteiger partial charge in [-0.15, -0.1) is 0 Å². The van der Waals surface area contributed by atoms with Gasteiger partial charge in [0, 0.05) is 19.1 Å². The molecule has 1 aliphatic carbocycles. The number of aliphatic hydroxyl groups is 1. The van der Waals surface area contributed by atoms with Crippen LogP contribution in [-0.4, -0.2) is 42.1 Å². The second-order valence-corrected chi connectivity index (χ2v) is 7.66. The molecule has 0 saturated heterocycles. The molecule has 6 nitrogen and oxygen atoms in total. The number of hydrogen-bond acceptors (Lipinski definition) is 6. The number of rotatable bonds is 8. The summed E-state index contributed by atoms with van der Waals surface area (Å²) < 4.78 is 16.6. The van der Waals surface area contributed by atoms with Crippen LogP contribution >= 0.6 is 0 Å². The Labute approximate surface area is 171 Å². The van der Waals surface area contributed by atoms with Crippen LogP contribution in [0.4, 0.5) is 0 Å². The Kier molecular flexibility index (Phi) is 6.18. The lowest BCUT2D eigenvalue weighted by Gasteiger charge is -2.31. The topological polar surface area (TPSA) is 75.0 Å². The second kappa shape index (κ2) is 9.17. The predicted molar refractivity (Wildman–Crippen MR) is 108 cm³/mol. The summed E-state index contributed by atoms with van der Waals surface area (Å²) in [5.41, 5.74) is 1.75. The molecule has 0 spiro atoms. The summed E-state index contributed by atoms with van der Waals surface area (Å²) in [6, 6.07) is 15.6. The van der Waals surface area contributed by atoms with Crippen molar-refractivity contribution in [3.63, 3.8) is 0 Å². The molecule has 4 rings (SSSR count). The number of aliphatic hydroxyl groups excluding tert-OH is 1.